The third-order valence-corrected chi connectivity index (χ3v) is 3.77. The molecule has 0 saturated heterocycles. The van der Waals surface area contributed by atoms with Crippen molar-refractivity contribution in [3.63, 3.8) is 0 Å². The molecule has 0 aliphatic rings. The molecule has 2 rings (SSSR count). The second-order valence-corrected chi connectivity index (χ2v) is 5.47. The first-order chi connectivity index (χ1) is 9.31. The summed E-state index contributed by atoms with van der Waals surface area (Å²) in [5, 5.41) is 14.5. The Morgan fingerprint density at radius 3 is 2.70 bits per heavy atom. The minimum absolute atomic E-state index is 0.00974. The summed E-state index contributed by atoms with van der Waals surface area (Å²) >= 11 is 0. The summed E-state index contributed by atoms with van der Waals surface area (Å²) in [6.07, 6.45) is 1.17. The number of sulfonamides is 1. The molecule has 0 aliphatic heterocycles. The lowest BCUT2D eigenvalue weighted by molar-refractivity contribution is -0.384. The van der Waals surface area contributed by atoms with Gasteiger partial charge in [0, 0.05) is 13.1 Å². The molecule has 10 nitrogen and oxygen atoms in total. The van der Waals surface area contributed by atoms with Crippen molar-refractivity contribution in [2.45, 2.75) is 4.90 Å². The van der Waals surface area contributed by atoms with Crippen molar-refractivity contribution >= 4 is 27.3 Å². The van der Waals surface area contributed by atoms with E-state index in [0.29, 0.717) is 0 Å². The molecule has 1 heterocycles. The number of hydrogen-bond donors (Lipinski definition) is 2. The van der Waals surface area contributed by atoms with Crippen LogP contribution in [0.2, 0.25) is 0 Å². The van der Waals surface area contributed by atoms with Crippen molar-refractivity contribution in [1.29, 1.82) is 0 Å². The first-order valence-corrected chi connectivity index (χ1v) is 6.70. The van der Waals surface area contributed by atoms with Gasteiger partial charge >= 0.3 is 0 Å². The van der Waals surface area contributed by atoms with Gasteiger partial charge in [-0.1, -0.05) is 0 Å². The van der Waals surface area contributed by atoms with Crippen molar-refractivity contribution in [2.75, 3.05) is 10.5 Å². The Morgan fingerprint density at radius 2 is 2.15 bits per heavy atom. The van der Waals surface area contributed by atoms with Crippen LogP contribution in [0.1, 0.15) is 0 Å². The highest BCUT2D eigenvalue weighted by Gasteiger charge is 2.21. The van der Waals surface area contributed by atoms with Gasteiger partial charge in [0.25, 0.3) is 15.7 Å². The van der Waals surface area contributed by atoms with Gasteiger partial charge in [0.15, 0.2) is 0 Å². The zero-order valence-corrected chi connectivity index (χ0v) is 11.0. The topological polar surface area (TPSA) is 146 Å². The molecule has 1 aromatic heterocycles. The van der Waals surface area contributed by atoms with Crippen LogP contribution in [0.15, 0.2) is 29.4 Å². The van der Waals surface area contributed by atoms with Crippen molar-refractivity contribution < 1.29 is 13.3 Å². The summed E-state index contributed by atoms with van der Waals surface area (Å²) in [4.78, 5) is 13.4. The molecule has 0 radical (unpaired) electrons. The van der Waals surface area contributed by atoms with E-state index in [2.05, 4.69) is 14.8 Å². The molecule has 0 aliphatic carbocycles. The third-order valence-electron chi connectivity index (χ3n) is 2.45. The van der Waals surface area contributed by atoms with E-state index in [4.69, 9.17) is 5.73 Å². The highest BCUT2D eigenvalue weighted by Crippen LogP contribution is 2.25. The van der Waals surface area contributed by atoms with Crippen LogP contribution in [0.5, 0.6) is 0 Å². The van der Waals surface area contributed by atoms with Crippen LogP contribution in [0.25, 0.3) is 0 Å². The molecule has 106 valence electrons. The second kappa shape index (κ2) is 4.77. The molecular formula is C9H10N6O4S. The summed E-state index contributed by atoms with van der Waals surface area (Å²) in [7, 11) is -2.52. The van der Waals surface area contributed by atoms with Crippen LogP contribution in [-0.4, -0.2) is 28.1 Å². The maximum absolute atomic E-state index is 12.1. The molecule has 0 atom stereocenters. The van der Waals surface area contributed by atoms with E-state index in [9.17, 15) is 18.5 Å². The Kier molecular flexibility index (Phi) is 3.28. The number of benzene rings is 1. The van der Waals surface area contributed by atoms with Gasteiger partial charge in [-0.25, -0.2) is 17.8 Å². The smallest absolute Gasteiger partial charge is 0.293 e. The van der Waals surface area contributed by atoms with E-state index in [1.165, 1.54) is 24.1 Å². The molecule has 0 bridgehead atoms. The van der Waals surface area contributed by atoms with Crippen LogP contribution < -0.4 is 10.5 Å². The van der Waals surface area contributed by atoms with Gasteiger partial charge in [0.2, 0.25) is 5.95 Å². The normalized spacial score (nSPS) is 11.2. The molecule has 0 spiro atoms. The van der Waals surface area contributed by atoms with E-state index < -0.39 is 20.6 Å². The molecule has 20 heavy (non-hydrogen) atoms. The van der Waals surface area contributed by atoms with Gasteiger partial charge in [0.1, 0.15) is 12.0 Å². The molecule has 0 fully saturated rings. The van der Waals surface area contributed by atoms with Crippen LogP contribution in [0, 0.1) is 10.1 Å². The number of nitrogens with one attached hydrogen (secondary N) is 1. The van der Waals surface area contributed by atoms with E-state index in [0.717, 1.165) is 12.1 Å². The fraction of sp³-hybridized carbons (Fsp3) is 0.111. The van der Waals surface area contributed by atoms with Gasteiger partial charge in [-0.05, 0) is 12.1 Å². The summed E-state index contributed by atoms with van der Waals surface area (Å²) < 4.78 is 27.5. The number of nitro benzene ring substituents is 1. The molecule has 11 heteroatoms. The fourth-order valence-electron chi connectivity index (χ4n) is 1.42. The van der Waals surface area contributed by atoms with Crippen LogP contribution in [0.3, 0.4) is 0 Å². The van der Waals surface area contributed by atoms with Crippen molar-refractivity contribution in [1.82, 2.24) is 14.8 Å². The number of nitrogen functional groups attached to an aromatic ring is 1. The largest absolute Gasteiger partial charge is 0.393 e. The van der Waals surface area contributed by atoms with Gasteiger partial charge in [-0.3, -0.25) is 10.1 Å². The van der Waals surface area contributed by atoms with Gasteiger partial charge in [-0.15, -0.1) is 0 Å². The standard InChI is InChI=1S/C9H10N6O4S/c1-14-9(11-5-12-14)13-20(18,19)6-2-3-7(10)8(4-6)15(16)17/h2-5H,10H2,1H3,(H,11,12,13). The molecule has 3 N–H and O–H groups in total. The summed E-state index contributed by atoms with van der Waals surface area (Å²) in [5.41, 5.74) is 4.81. The molecule has 1 aromatic carbocycles. The van der Waals surface area contributed by atoms with Crippen molar-refractivity contribution in [3.05, 3.63) is 34.6 Å². The maximum atomic E-state index is 12.1. The number of anilines is 2. The Balaban J connectivity index is 2.42. The fourth-order valence-corrected chi connectivity index (χ4v) is 2.47. The first kappa shape index (κ1) is 13.7. The van der Waals surface area contributed by atoms with Crippen LogP contribution >= 0.6 is 0 Å². The highest BCUT2D eigenvalue weighted by molar-refractivity contribution is 7.92. The number of nitro groups is 1. The predicted molar refractivity (Wildman–Crippen MR) is 69.3 cm³/mol. The van der Waals surface area contributed by atoms with Crippen molar-refractivity contribution in [2.24, 2.45) is 7.05 Å². The summed E-state index contributed by atoms with van der Waals surface area (Å²) in [5.74, 6) is -0.00974. The molecule has 0 amide bonds. The average Bonchev–Trinajstić information content (AvgIpc) is 2.74. The van der Waals surface area contributed by atoms with Crippen LogP contribution in [0.4, 0.5) is 17.3 Å². The lowest BCUT2D eigenvalue weighted by Gasteiger charge is -2.07. The monoisotopic (exact) mass is 298 g/mol. The number of rotatable bonds is 4. The lowest BCUT2D eigenvalue weighted by atomic mass is 10.3. The predicted octanol–water partition coefficient (Wildman–Crippen LogP) is 0.106. The van der Waals surface area contributed by atoms with E-state index >= 15 is 0 Å². The Hall–Kier alpha value is -2.69. The number of aromatic nitrogens is 3. The molecular weight excluding hydrogens is 288 g/mol. The second-order valence-electron chi connectivity index (χ2n) is 3.79. The first-order valence-electron chi connectivity index (χ1n) is 5.22. The van der Waals surface area contributed by atoms with E-state index in [-0.39, 0.29) is 16.5 Å². The van der Waals surface area contributed by atoms with Gasteiger partial charge in [-0.2, -0.15) is 10.1 Å². The molecule has 0 unspecified atom stereocenters. The van der Waals surface area contributed by atoms with Crippen molar-refractivity contribution in [3.8, 4) is 0 Å². The number of hydrogen-bond acceptors (Lipinski definition) is 7. The summed E-state index contributed by atoms with van der Waals surface area (Å²) in [6, 6.07) is 3.21. The average molecular weight is 298 g/mol. The summed E-state index contributed by atoms with van der Waals surface area (Å²) in [6.45, 7) is 0. The minimum atomic E-state index is -4.01. The quantitative estimate of drug-likeness (QED) is 0.462. The maximum Gasteiger partial charge on any atom is 0.293 e. The third kappa shape index (κ3) is 2.51. The Morgan fingerprint density at radius 1 is 1.45 bits per heavy atom. The number of aryl methyl sites for hydroxylation is 1. The number of nitrogens with two attached hydrogens (primary N) is 1. The Labute approximate surface area is 113 Å². The van der Waals surface area contributed by atoms with Crippen LogP contribution in [-0.2, 0) is 17.1 Å². The van der Waals surface area contributed by atoms with Gasteiger partial charge in [0.05, 0.1) is 9.82 Å². The highest BCUT2D eigenvalue weighted by atomic mass is 32.2. The zero-order chi connectivity index (χ0) is 14.9. The minimum Gasteiger partial charge on any atom is -0.393 e. The SMILES string of the molecule is Cn1ncnc1NS(=O)(=O)c1ccc(N)c([N+](=O)[O-])c1. The molecule has 0 saturated carbocycles. The van der Waals surface area contributed by atoms with Gasteiger partial charge < -0.3 is 5.73 Å². The Bertz CT molecular complexity index is 768. The van der Waals surface area contributed by atoms with E-state index in [1.807, 2.05) is 0 Å². The lowest BCUT2D eigenvalue weighted by Crippen LogP contribution is -2.16. The molecule has 2 aromatic rings. The zero-order valence-electron chi connectivity index (χ0n) is 10.2. The number of nitrogens with zero attached hydrogens (tertiary/aromatic N) is 4. The van der Waals surface area contributed by atoms with E-state index in [1.54, 1.807) is 0 Å².